The third kappa shape index (κ3) is 20.4. The molecule has 3 aliphatic rings. The van der Waals surface area contributed by atoms with Crippen molar-refractivity contribution < 1.29 is 105 Å². The first-order valence-corrected chi connectivity index (χ1v) is 26.6. The standard InChI is InChI=1S/C57H70O22/c1-5-49(59)70-29-31-72-51(61)37-11-9-36(10-12-37)46(58)35-76-47-23-21-42(33-44(47)56(66)74-27-25-68-7-3)77-53(63)39-17-19-40(20-18-39)54(64)78-43-22-24-48(45(34-43)57(67)75-28-26-69-8-4)79-55(65)41-15-13-38(14-16-41)52(62)73-32-30-71-50(60)6-2/h5-6,21-24,33-34,36-41H,1-2,7-20,25-32,35H2,3-4H3. The highest BCUT2D eigenvalue weighted by Crippen LogP contribution is 2.36. The third-order valence-electron chi connectivity index (χ3n) is 13.5. The van der Waals surface area contributed by atoms with Crippen molar-refractivity contribution in [2.45, 2.75) is 90.9 Å². The van der Waals surface area contributed by atoms with Gasteiger partial charge < -0.3 is 56.8 Å². The van der Waals surface area contributed by atoms with Crippen molar-refractivity contribution in [3.8, 4) is 23.0 Å². The summed E-state index contributed by atoms with van der Waals surface area (Å²) in [6.45, 7) is 10.2. The van der Waals surface area contributed by atoms with Crippen LogP contribution in [-0.4, -0.2) is 132 Å². The van der Waals surface area contributed by atoms with E-state index in [0.717, 1.165) is 12.2 Å². The van der Waals surface area contributed by atoms with E-state index in [1.807, 2.05) is 0 Å². The quantitative estimate of drug-likeness (QED) is 0.0269. The molecule has 0 atom stereocenters. The fourth-order valence-electron chi connectivity index (χ4n) is 9.07. The van der Waals surface area contributed by atoms with Crippen LogP contribution < -0.4 is 18.9 Å². The van der Waals surface area contributed by atoms with Gasteiger partial charge in [-0.05, 0) is 127 Å². The highest BCUT2D eigenvalue weighted by atomic mass is 16.6. The van der Waals surface area contributed by atoms with Gasteiger partial charge in [-0.15, -0.1) is 0 Å². The summed E-state index contributed by atoms with van der Waals surface area (Å²) < 4.78 is 64.4. The van der Waals surface area contributed by atoms with E-state index in [-0.39, 0.29) is 125 Å². The second kappa shape index (κ2) is 33.1. The third-order valence-corrected chi connectivity index (χ3v) is 13.5. The molecule has 0 spiro atoms. The molecule has 0 radical (unpaired) electrons. The fraction of sp³-hybridized carbons (Fsp3) is 0.544. The van der Waals surface area contributed by atoms with E-state index in [1.54, 1.807) is 13.8 Å². The predicted octanol–water partition coefficient (Wildman–Crippen LogP) is 6.40. The van der Waals surface area contributed by atoms with Crippen LogP contribution in [0.4, 0.5) is 0 Å². The van der Waals surface area contributed by atoms with Crippen molar-refractivity contribution in [1.82, 2.24) is 0 Å². The van der Waals surface area contributed by atoms with E-state index in [0.29, 0.717) is 64.6 Å². The zero-order valence-corrected chi connectivity index (χ0v) is 44.7. The van der Waals surface area contributed by atoms with Gasteiger partial charge in [-0.1, -0.05) is 13.2 Å². The lowest BCUT2D eigenvalue weighted by atomic mass is 9.80. The zero-order chi connectivity index (χ0) is 57.1. The lowest BCUT2D eigenvalue weighted by Gasteiger charge is -2.26. The predicted molar refractivity (Wildman–Crippen MR) is 274 cm³/mol. The first-order valence-electron chi connectivity index (χ1n) is 26.6. The number of ether oxygens (including phenoxy) is 12. The van der Waals surface area contributed by atoms with Gasteiger partial charge in [-0.25, -0.2) is 19.2 Å². The van der Waals surface area contributed by atoms with Crippen molar-refractivity contribution in [1.29, 1.82) is 0 Å². The van der Waals surface area contributed by atoms with E-state index in [9.17, 15) is 47.9 Å². The van der Waals surface area contributed by atoms with Gasteiger partial charge in [0.25, 0.3) is 0 Å². The van der Waals surface area contributed by atoms with Crippen LogP contribution in [0.1, 0.15) is 112 Å². The Morgan fingerprint density at radius 1 is 0.418 bits per heavy atom. The van der Waals surface area contributed by atoms with Crippen molar-refractivity contribution in [3.63, 3.8) is 0 Å². The van der Waals surface area contributed by atoms with E-state index < -0.39 is 89.2 Å². The van der Waals surface area contributed by atoms with E-state index in [2.05, 4.69) is 13.2 Å². The molecule has 3 saturated carbocycles. The van der Waals surface area contributed by atoms with Gasteiger partial charge in [0.15, 0.2) is 5.78 Å². The molecule has 3 aliphatic carbocycles. The summed E-state index contributed by atoms with van der Waals surface area (Å²) in [4.78, 5) is 128. The highest BCUT2D eigenvalue weighted by Gasteiger charge is 2.36. The Kier molecular flexibility index (Phi) is 26.1. The summed E-state index contributed by atoms with van der Waals surface area (Å²) >= 11 is 0. The summed E-state index contributed by atoms with van der Waals surface area (Å²) in [5.41, 5.74) is -0.270. The van der Waals surface area contributed by atoms with E-state index >= 15 is 0 Å². The topological polar surface area (TPSA) is 281 Å². The van der Waals surface area contributed by atoms with Gasteiger partial charge in [-0.3, -0.25) is 28.8 Å². The van der Waals surface area contributed by atoms with Crippen LogP contribution in [0.15, 0.2) is 61.7 Å². The average Bonchev–Trinajstić information content (AvgIpc) is 3.49. The van der Waals surface area contributed by atoms with Gasteiger partial charge in [-0.2, -0.15) is 0 Å². The van der Waals surface area contributed by atoms with E-state index in [4.69, 9.17) is 56.8 Å². The first kappa shape index (κ1) is 62.4. The molecule has 3 fully saturated rings. The number of esters is 9. The lowest BCUT2D eigenvalue weighted by Crippen LogP contribution is -2.30. The Morgan fingerprint density at radius 3 is 1.16 bits per heavy atom. The van der Waals surface area contributed by atoms with Crippen LogP contribution in [0.3, 0.4) is 0 Å². The van der Waals surface area contributed by atoms with Gasteiger partial charge in [0.2, 0.25) is 0 Å². The van der Waals surface area contributed by atoms with E-state index in [1.165, 1.54) is 36.4 Å². The number of rotatable bonds is 30. The fourth-order valence-corrected chi connectivity index (χ4v) is 9.07. The maximum Gasteiger partial charge on any atom is 0.342 e. The Morgan fingerprint density at radius 2 is 0.759 bits per heavy atom. The van der Waals surface area contributed by atoms with Crippen LogP contribution in [0, 0.1) is 35.5 Å². The average molecular weight is 1110 g/mol. The molecule has 79 heavy (non-hydrogen) atoms. The second-order valence-electron chi connectivity index (χ2n) is 18.7. The molecule has 2 aromatic carbocycles. The monoisotopic (exact) mass is 1110 g/mol. The molecule has 430 valence electrons. The molecule has 0 saturated heterocycles. The van der Waals surface area contributed by atoms with Gasteiger partial charge in [0.1, 0.15) is 80.4 Å². The number of hydrogen-bond acceptors (Lipinski definition) is 22. The molecule has 0 N–H and O–H groups in total. The summed E-state index contributed by atoms with van der Waals surface area (Å²) in [6.07, 6.45) is 5.99. The summed E-state index contributed by atoms with van der Waals surface area (Å²) in [6, 6.07) is 8.06. The maximum atomic E-state index is 13.5. The number of carbonyl (C=O) groups excluding carboxylic acids is 10. The highest BCUT2D eigenvalue weighted by molar-refractivity contribution is 5.95. The molecule has 5 rings (SSSR count). The smallest absolute Gasteiger partial charge is 0.342 e. The summed E-state index contributed by atoms with van der Waals surface area (Å²) in [5, 5.41) is 0. The van der Waals surface area contributed by atoms with Crippen LogP contribution in [0.2, 0.25) is 0 Å². The molecular weight excluding hydrogens is 1040 g/mol. The van der Waals surface area contributed by atoms with Gasteiger partial charge >= 0.3 is 53.7 Å². The van der Waals surface area contributed by atoms with Crippen molar-refractivity contribution in [3.05, 3.63) is 72.8 Å². The molecule has 22 nitrogen and oxygen atoms in total. The Balaban J connectivity index is 1.13. The van der Waals surface area contributed by atoms with Crippen molar-refractivity contribution in [2.24, 2.45) is 35.5 Å². The second-order valence-corrected chi connectivity index (χ2v) is 18.7. The normalized spacial score (nSPS) is 19.7. The van der Waals surface area contributed by atoms with Crippen molar-refractivity contribution in [2.75, 3.05) is 72.7 Å². The molecule has 0 amide bonds. The lowest BCUT2D eigenvalue weighted by molar-refractivity contribution is -0.155. The Hall–Kier alpha value is -7.46. The molecule has 0 aliphatic heterocycles. The minimum absolute atomic E-state index is 0.0142. The maximum absolute atomic E-state index is 13.5. The summed E-state index contributed by atoms with van der Waals surface area (Å²) in [5.74, 6) is -9.11. The molecular formula is C57H70O22. The number of carbonyl (C=O) groups is 10. The molecule has 2 aromatic rings. The van der Waals surface area contributed by atoms with Gasteiger partial charge in [0, 0.05) is 31.3 Å². The minimum Gasteiger partial charge on any atom is -0.485 e. The molecule has 0 heterocycles. The minimum atomic E-state index is -0.857. The first-order chi connectivity index (χ1) is 38.1. The Bertz CT molecular complexity index is 2460. The van der Waals surface area contributed by atoms with Crippen LogP contribution in [0.25, 0.3) is 0 Å². The Labute approximate surface area is 457 Å². The SMILES string of the molecule is C=CC(=O)OCCOC(=O)C1CCC(C(=O)COc2ccc(OC(=O)C3CCC(C(=O)Oc4ccc(OC(=O)C5CCC(C(=O)OCCOC(=O)C=C)CC5)c(C(=O)OCCOCC)c4)CC3)cc2C(=O)OCCOCC)CC1. The summed E-state index contributed by atoms with van der Waals surface area (Å²) in [7, 11) is 0. The van der Waals surface area contributed by atoms with Gasteiger partial charge in [0.05, 0.1) is 42.8 Å². The number of Topliss-reactive ketones (excluding diaryl/α,β-unsaturated/α-hetero) is 1. The van der Waals surface area contributed by atoms with Crippen LogP contribution >= 0.6 is 0 Å². The van der Waals surface area contributed by atoms with Crippen LogP contribution in [-0.2, 0) is 76.3 Å². The largest absolute Gasteiger partial charge is 0.485 e. The number of ketones is 1. The molecule has 0 bridgehead atoms. The zero-order valence-electron chi connectivity index (χ0n) is 44.7. The van der Waals surface area contributed by atoms with Crippen LogP contribution in [0.5, 0.6) is 23.0 Å². The molecule has 22 heteroatoms. The molecule has 0 aromatic heterocycles. The number of benzene rings is 2. The van der Waals surface area contributed by atoms with Crippen molar-refractivity contribution >= 4 is 59.5 Å². The number of hydrogen-bond donors (Lipinski definition) is 0. The molecule has 0 unspecified atom stereocenters.